The van der Waals surface area contributed by atoms with Crippen LogP contribution in [-0.2, 0) is 14.3 Å². The third-order valence-corrected chi connectivity index (χ3v) is 3.41. The molecule has 1 aromatic carbocycles. The van der Waals surface area contributed by atoms with E-state index in [-0.39, 0.29) is 24.9 Å². The van der Waals surface area contributed by atoms with Crippen LogP contribution in [0.3, 0.4) is 0 Å². The summed E-state index contributed by atoms with van der Waals surface area (Å²) in [5.41, 5.74) is 0.350. The van der Waals surface area contributed by atoms with Gasteiger partial charge in [-0.3, -0.25) is 10.1 Å². The van der Waals surface area contributed by atoms with Gasteiger partial charge in [0.25, 0.3) is 5.69 Å². The van der Waals surface area contributed by atoms with Crippen molar-refractivity contribution in [1.29, 1.82) is 0 Å². The fourth-order valence-corrected chi connectivity index (χ4v) is 2.29. The number of nitro benzene ring substituents is 1. The Morgan fingerprint density at radius 1 is 1.43 bits per heavy atom. The molecule has 1 aliphatic heterocycles. The Bertz CT molecular complexity index is 557. The Hall–Kier alpha value is -2.35. The molecule has 0 aliphatic carbocycles. The summed E-state index contributed by atoms with van der Waals surface area (Å²) in [5.74, 6) is -0.108. The number of hydrogen-bond donors (Lipinski definition) is 1. The molecule has 1 aliphatic rings. The minimum atomic E-state index is -0.482. The van der Waals surface area contributed by atoms with Crippen LogP contribution in [0.2, 0.25) is 0 Å². The third kappa shape index (κ3) is 5.10. The normalized spacial score (nSPS) is 15.0. The zero-order chi connectivity index (χ0) is 16.7. The Morgan fingerprint density at radius 3 is 2.83 bits per heavy atom. The second kappa shape index (κ2) is 8.33. The summed E-state index contributed by atoms with van der Waals surface area (Å²) in [6.45, 7) is 3.01. The van der Waals surface area contributed by atoms with Gasteiger partial charge in [0, 0.05) is 31.4 Å². The van der Waals surface area contributed by atoms with E-state index >= 15 is 0 Å². The largest absolute Gasteiger partial charge is 0.482 e. The zero-order valence-corrected chi connectivity index (χ0v) is 12.9. The van der Waals surface area contributed by atoms with E-state index in [2.05, 4.69) is 5.32 Å². The highest BCUT2D eigenvalue weighted by Gasteiger charge is 2.20. The van der Waals surface area contributed by atoms with E-state index in [1.165, 1.54) is 18.2 Å². The van der Waals surface area contributed by atoms with Gasteiger partial charge in [0.1, 0.15) is 11.4 Å². The fraction of sp³-hybridized carbons (Fsp3) is 0.533. The van der Waals surface area contributed by atoms with Crippen LogP contribution in [0.4, 0.5) is 11.4 Å². The summed E-state index contributed by atoms with van der Waals surface area (Å²) in [4.78, 5) is 22.0. The van der Waals surface area contributed by atoms with E-state index in [1.54, 1.807) is 6.92 Å². The number of nitrogens with one attached hydrogen (secondary N) is 1. The Balaban J connectivity index is 2.08. The number of hydrogen-bond acceptors (Lipinski definition) is 7. The third-order valence-electron chi connectivity index (χ3n) is 3.41. The molecule has 0 atom stereocenters. The molecule has 1 heterocycles. The highest BCUT2D eigenvalue weighted by Crippen LogP contribution is 2.30. The molecule has 0 amide bonds. The average molecular weight is 324 g/mol. The number of anilines is 1. The molecule has 0 spiro atoms. The maximum Gasteiger partial charge on any atom is 0.344 e. The summed E-state index contributed by atoms with van der Waals surface area (Å²) in [6.07, 6.45) is 1.57. The Morgan fingerprint density at radius 2 is 2.17 bits per heavy atom. The van der Waals surface area contributed by atoms with E-state index in [1.807, 2.05) is 0 Å². The van der Waals surface area contributed by atoms with Gasteiger partial charge in [0.05, 0.1) is 11.5 Å². The van der Waals surface area contributed by atoms with Crippen molar-refractivity contribution in [3.63, 3.8) is 0 Å². The molecule has 0 saturated carbocycles. The average Bonchev–Trinajstić information content (AvgIpc) is 2.54. The highest BCUT2D eigenvalue weighted by molar-refractivity contribution is 5.71. The van der Waals surface area contributed by atoms with Crippen molar-refractivity contribution in [2.75, 3.05) is 31.7 Å². The van der Waals surface area contributed by atoms with Crippen LogP contribution in [0.25, 0.3) is 0 Å². The number of ether oxygens (including phenoxy) is 3. The Kier molecular flexibility index (Phi) is 6.16. The first kappa shape index (κ1) is 17.0. The maximum atomic E-state index is 11.3. The molecule has 0 aromatic heterocycles. The van der Waals surface area contributed by atoms with Gasteiger partial charge in [0.2, 0.25) is 0 Å². The summed E-state index contributed by atoms with van der Waals surface area (Å²) in [5, 5.41) is 14.3. The van der Waals surface area contributed by atoms with E-state index < -0.39 is 10.9 Å². The lowest BCUT2D eigenvalue weighted by atomic mass is 10.1. The van der Waals surface area contributed by atoms with Gasteiger partial charge in [-0.05, 0) is 25.8 Å². The number of nitrogens with zero attached hydrogens (tertiary/aromatic N) is 1. The fourth-order valence-electron chi connectivity index (χ4n) is 2.29. The van der Waals surface area contributed by atoms with Crippen LogP contribution >= 0.6 is 0 Å². The molecule has 8 heteroatoms. The summed E-state index contributed by atoms with van der Waals surface area (Å²) in [6, 6.07) is 4.48. The molecule has 1 N–H and O–H groups in total. The molecule has 0 radical (unpaired) electrons. The van der Waals surface area contributed by atoms with Gasteiger partial charge in [-0.15, -0.1) is 0 Å². The van der Waals surface area contributed by atoms with Crippen molar-refractivity contribution in [2.45, 2.75) is 25.8 Å². The highest BCUT2D eigenvalue weighted by atomic mass is 16.6. The second-order valence-corrected chi connectivity index (χ2v) is 5.06. The van der Waals surface area contributed by atoms with Crippen molar-refractivity contribution in [3.8, 4) is 5.75 Å². The first-order chi connectivity index (χ1) is 11.1. The summed E-state index contributed by atoms with van der Waals surface area (Å²) >= 11 is 0. The molecule has 0 bridgehead atoms. The molecule has 8 nitrogen and oxygen atoms in total. The van der Waals surface area contributed by atoms with E-state index in [9.17, 15) is 14.9 Å². The van der Waals surface area contributed by atoms with Gasteiger partial charge in [-0.25, -0.2) is 4.79 Å². The van der Waals surface area contributed by atoms with Crippen LogP contribution in [-0.4, -0.2) is 43.4 Å². The lowest BCUT2D eigenvalue weighted by Gasteiger charge is -2.24. The molecule has 1 aromatic rings. The zero-order valence-electron chi connectivity index (χ0n) is 12.9. The SMILES string of the molecule is CCOC(=O)COc1ccc([N+](=O)[O-])c(NC2CCOCC2)c1. The lowest BCUT2D eigenvalue weighted by molar-refractivity contribution is -0.384. The first-order valence-corrected chi connectivity index (χ1v) is 7.51. The lowest BCUT2D eigenvalue weighted by Crippen LogP contribution is -2.28. The number of nitro groups is 1. The maximum absolute atomic E-state index is 11.3. The standard InChI is InChI=1S/C15H20N2O6/c1-2-22-15(18)10-23-12-3-4-14(17(19)20)13(9-12)16-11-5-7-21-8-6-11/h3-4,9,11,16H,2,5-8,10H2,1H3. The molecule has 23 heavy (non-hydrogen) atoms. The number of carbonyl (C=O) groups excluding carboxylic acids is 1. The van der Waals surface area contributed by atoms with Gasteiger partial charge >= 0.3 is 5.97 Å². The van der Waals surface area contributed by atoms with Crippen LogP contribution in [0.5, 0.6) is 5.75 Å². The summed E-state index contributed by atoms with van der Waals surface area (Å²) in [7, 11) is 0. The van der Waals surface area contributed by atoms with Crippen molar-refractivity contribution in [2.24, 2.45) is 0 Å². The molecular formula is C15H20N2O6. The van der Waals surface area contributed by atoms with Crippen molar-refractivity contribution < 1.29 is 23.9 Å². The van der Waals surface area contributed by atoms with Gasteiger partial charge in [-0.2, -0.15) is 0 Å². The molecular weight excluding hydrogens is 304 g/mol. The second-order valence-electron chi connectivity index (χ2n) is 5.06. The minimum absolute atomic E-state index is 0.0278. The topological polar surface area (TPSA) is 99.9 Å². The van der Waals surface area contributed by atoms with Gasteiger partial charge < -0.3 is 19.5 Å². The Labute approximate surface area is 133 Å². The number of esters is 1. The van der Waals surface area contributed by atoms with Crippen LogP contribution in [0, 0.1) is 10.1 Å². The minimum Gasteiger partial charge on any atom is -0.482 e. The smallest absolute Gasteiger partial charge is 0.344 e. The van der Waals surface area contributed by atoms with E-state index in [4.69, 9.17) is 14.2 Å². The number of rotatable bonds is 7. The quantitative estimate of drug-likeness (QED) is 0.466. The predicted octanol–water partition coefficient (Wildman–Crippen LogP) is 2.13. The molecule has 0 unspecified atom stereocenters. The molecule has 1 fully saturated rings. The van der Waals surface area contributed by atoms with Crippen LogP contribution in [0.15, 0.2) is 18.2 Å². The molecule has 1 saturated heterocycles. The molecule has 2 rings (SSSR count). The van der Waals surface area contributed by atoms with Crippen LogP contribution in [0.1, 0.15) is 19.8 Å². The number of carbonyl (C=O) groups is 1. The molecule has 126 valence electrons. The van der Waals surface area contributed by atoms with Crippen molar-refractivity contribution in [1.82, 2.24) is 0 Å². The predicted molar refractivity (Wildman–Crippen MR) is 82.7 cm³/mol. The summed E-state index contributed by atoms with van der Waals surface area (Å²) < 4.78 is 15.4. The van der Waals surface area contributed by atoms with Crippen LogP contribution < -0.4 is 10.1 Å². The monoisotopic (exact) mass is 324 g/mol. The number of benzene rings is 1. The van der Waals surface area contributed by atoms with Gasteiger partial charge in [-0.1, -0.05) is 0 Å². The van der Waals surface area contributed by atoms with Crippen molar-refractivity contribution >= 4 is 17.3 Å². The first-order valence-electron chi connectivity index (χ1n) is 7.51. The van der Waals surface area contributed by atoms with Crippen molar-refractivity contribution in [3.05, 3.63) is 28.3 Å². The van der Waals surface area contributed by atoms with Gasteiger partial charge in [0.15, 0.2) is 6.61 Å². The van der Waals surface area contributed by atoms with E-state index in [0.29, 0.717) is 24.7 Å². The van der Waals surface area contributed by atoms with E-state index in [0.717, 1.165) is 12.8 Å².